The zero-order valence-corrected chi connectivity index (χ0v) is 17.3. The van der Waals surface area contributed by atoms with Crippen LogP contribution in [-0.2, 0) is 0 Å². The lowest BCUT2D eigenvalue weighted by Crippen LogP contribution is -3.00. The van der Waals surface area contributed by atoms with Gasteiger partial charge in [0.2, 0.25) is 0 Å². The first kappa shape index (κ1) is 19.6. The fourth-order valence-corrected chi connectivity index (χ4v) is 7.34. The molecule has 0 nitrogen and oxygen atoms in total. The van der Waals surface area contributed by atoms with E-state index in [0.717, 1.165) is 6.16 Å². The largest absolute Gasteiger partial charge is 1.00 e. The second kappa shape index (κ2) is 9.13. The van der Waals surface area contributed by atoms with E-state index < -0.39 is 7.26 Å². The molecule has 25 heavy (non-hydrogen) atoms. The van der Waals surface area contributed by atoms with Gasteiger partial charge in [-0.25, -0.2) is 0 Å². The Morgan fingerprint density at radius 1 is 0.640 bits per heavy atom. The van der Waals surface area contributed by atoms with Crippen LogP contribution in [0.25, 0.3) is 0 Å². The van der Waals surface area contributed by atoms with Crippen molar-refractivity contribution in [2.45, 2.75) is 13.8 Å². The summed E-state index contributed by atoms with van der Waals surface area (Å²) in [6, 6.07) is 33.1. The molecule has 3 rings (SSSR count). The normalized spacial score (nSPS) is 10.6. The van der Waals surface area contributed by atoms with Crippen molar-refractivity contribution < 1.29 is 17.0 Å². The molecule has 0 N–H and O–H groups in total. The lowest BCUT2D eigenvalue weighted by Gasteiger charge is -2.26. The molecule has 3 aromatic rings. The predicted molar refractivity (Wildman–Crippen MR) is 109 cm³/mol. The number of allylic oxidation sites excluding steroid dienone is 2. The van der Waals surface area contributed by atoms with Gasteiger partial charge in [-0.2, -0.15) is 0 Å². The Bertz CT molecular complexity index is 695. The van der Waals surface area contributed by atoms with Gasteiger partial charge in [-0.15, -0.1) is 0 Å². The van der Waals surface area contributed by atoms with Crippen LogP contribution in [0.1, 0.15) is 13.8 Å². The minimum Gasteiger partial charge on any atom is -1.00 e. The summed E-state index contributed by atoms with van der Waals surface area (Å²) < 4.78 is 0. The number of hydrogen-bond donors (Lipinski definition) is 0. The van der Waals surface area contributed by atoms with Gasteiger partial charge >= 0.3 is 0 Å². The minimum absolute atomic E-state index is 0. The van der Waals surface area contributed by atoms with Crippen LogP contribution >= 0.6 is 7.26 Å². The zero-order chi connectivity index (χ0) is 16.8. The first-order valence-electron chi connectivity index (χ1n) is 8.42. The topological polar surface area (TPSA) is 0 Å². The van der Waals surface area contributed by atoms with Gasteiger partial charge in [0, 0.05) is 0 Å². The molecule has 0 heterocycles. The highest BCUT2D eigenvalue weighted by Crippen LogP contribution is 2.55. The summed E-state index contributed by atoms with van der Waals surface area (Å²) >= 11 is 0. The van der Waals surface area contributed by atoms with Crippen molar-refractivity contribution in [2.75, 3.05) is 6.16 Å². The molecule has 0 spiro atoms. The minimum atomic E-state index is -1.68. The van der Waals surface area contributed by atoms with Crippen LogP contribution in [0.15, 0.2) is 103 Å². The van der Waals surface area contributed by atoms with E-state index in [-0.39, 0.29) is 17.0 Å². The first-order valence-corrected chi connectivity index (χ1v) is 10.4. The fourth-order valence-electron chi connectivity index (χ4n) is 3.13. The van der Waals surface area contributed by atoms with Crippen molar-refractivity contribution in [3.63, 3.8) is 0 Å². The van der Waals surface area contributed by atoms with Crippen LogP contribution < -0.4 is 32.9 Å². The van der Waals surface area contributed by atoms with E-state index in [9.17, 15) is 0 Å². The van der Waals surface area contributed by atoms with Gasteiger partial charge in [-0.3, -0.25) is 0 Å². The molecule has 0 radical (unpaired) electrons. The third-order valence-corrected chi connectivity index (χ3v) is 8.63. The average Bonchev–Trinajstić information content (AvgIpc) is 2.65. The molecule has 0 amide bonds. The number of benzene rings is 3. The Balaban J connectivity index is 0.00000225. The standard InChI is InChI=1S/C23H24P.BrH/c1-20(2)18-19-24(21-12-6-3-7-13-21,22-14-8-4-9-15-22)23-16-10-5-11-17-23;/h3-18H,19H2,1-2H3;1H/q+1;/p-1. The van der Waals surface area contributed by atoms with Crippen LogP contribution in [-0.4, -0.2) is 6.16 Å². The highest BCUT2D eigenvalue weighted by molar-refractivity contribution is 7.95. The van der Waals surface area contributed by atoms with Gasteiger partial charge < -0.3 is 17.0 Å². The first-order chi connectivity index (χ1) is 11.7. The maximum absolute atomic E-state index is 2.40. The van der Waals surface area contributed by atoms with E-state index in [1.807, 2.05) is 0 Å². The highest BCUT2D eigenvalue weighted by Gasteiger charge is 2.44. The van der Waals surface area contributed by atoms with Gasteiger partial charge in [0.15, 0.2) is 0 Å². The molecule has 0 aliphatic carbocycles. The smallest absolute Gasteiger partial charge is 0.115 e. The summed E-state index contributed by atoms with van der Waals surface area (Å²) in [5.74, 6) is 0. The SMILES string of the molecule is CC(C)=CC[P+](c1ccccc1)(c1ccccc1)c1ccccc1.[Br-]. The zero-order valence-electron chi connectivity index (χ0n) is 14.8. The maximum atomic E-state index is 2.40. The molecule has 2 heteroatoms. The van der Waals surface area contributed by atoms with Gasteiger partial charge in [0.05, 0.1) is 6.16 Å². The second-order valence-electron chi connectivity index (χ2n) is 6.28. The van der Waals surface area contributed by atoms with Crippen LogP contribution in [0.5, 0.6) is 0 Å². The third-order valence-electron chi connectivity index (χ3n) is 4.36. The molecule has 3 aromatic carbocycles. The van der Waals surface area contributed by atoms with E-state index in [4.69, 9.17) is 0 Å². The van der Waals surface area contributed by atoms with Crippen molar-refractivity contribution in [2.24, 2.45) is 0 Å². The van der Waals surface area contributed by atoms with Gasteiger partial charge in [-0.05, 0) is 56.3 Å². The van der Waals surface area contributed by atoms with E-state index in [2.05, 4.69) is 111 Å². The summed E-state index contributed by atoms with van der Waals surface area (Å²) in [5, 5.41) is 4.33. The van der Waals surface area contributed by atoms with Gasteiger partial charge in [0.25, 0.3) is 0 Å². The molecule has 0 aliphatic heterocycles. The Kier molecular flexibility index (Phi) is 7.17. The average molecular weight is 411 g/mol. The third kappa shape index (κ3) is 4.29. The van der Waals surface area contributed by atoms with Crippen molar-refractivity contribution in [3.8, 4) is 0 Å². The quantitative estimate of drug-likeness (QED) is 0.445. The Labute approximate surface area is 162 Å². The number of rotatable bonds is 5. The monoisotopic (exact) mass is 410 g/mol. The summed E-state index contributed by atoms with van der Waals surface area (Å²) in [5.41, 5.74) is 1.38. The predicted octanol–water partition coefficient (Wildman–Crippen LogP) is 1.95. The van der Waals surface area contributed by atoms with Gasteiger partial charge in [-0.1, -0.05) is 60.2 Å². The molecule has 0 aliphatic rings. The van der Waals surface area contributed by atoms with E-state index in [1.165, 1.54) is 21.5 Å². The molecular formula is C23H24BrP. The Morgan fingerprint density at radius 3 is 1.24 bits per heavy atom. The summed E-state index contributed by atoms with van der Waals surface area (Å²) in [7, 11) is -1.68. The molecule has 0 saturated carbocycles. The fraction of sp³-hybridized carbons (Fsp3) is 0.130. The molecule has 128 valence electrons. The highest BCUT2D eigenvalue weighted by atomic mass is 79.9. The van der Waals surface area contributed by atoms with Crippen molar-refractivity contribution in [1.82, 2.24) is 0 Å². The van der Waals surface area contributed by atoms with Crippen LogP contribution in [0.4, 0.5) is 0 Å². The molecule has 0 aromatic heterocycles. The van der Waals surface area contributed by atoms with Crippen LogP contribution in [0.3, 0.4) is 0 Å². The molecule has 0 saturated heterocycles. The number of halogens is 1. The summed E-state index contributed by atoms with van der Waals surface area (Å²) in [6.07, 6.45) is 3.47. The molecule has 0 atom stereocenters. The van der Waals surface area contributed by atoms with Crippen molar-refractivity contribution in [1.29, 1.82) is 0 Å². The molecule has 0 bridgehead atoms. The summed E-state index contributed by atoms with van der Waals surface area (Å²) in [4.78, 5) is 0. The van der Waals surface area contributed by atoms with Gasteiger partial charge in [0.1, 0.15) is 23.2 Å². The lowest BCUT2D eigenvalue weighted by atomic mass is 10.3. The van der Waals surface area contributed by atoms with Crippen molar-refractivity contribution in [3.05, 3.63) is 103 Å². The van der Waals surface area contributed by atoms with Crippen LogP contribution in [0.2, 0.25) is 0 Å². The van der Waals surface area contributed by atoms with Crippen molar-refractivity contribution >= 4 is 23.2 Å². The maximum Gasteiger partial charge on any atom is 0.115 e. The van der Waals surface area contributed by atoms with Crippen LogP contribution in [0, 0.1) is 0 Å². The molecular weight excluding hydrogens is 387 g/mol. The van der Waals surface area contributed by atoms with E-state index in [0.29, 0.717) is 0 Å². The number of hydrogen-bond acceptors (Lipinski definition) is 0. The Morgan fingerprint density at radius 2 is 0.960 bits per heavy atom. The van der Waals surface area contributed by atoms with E-state index >= 15 is 0 Å². The second-order valence-corrected chi connectivity index (χ2v) is 9.81. The van der Waals surface area contributed by atoms with E-state index in [1.54, 1.807) is 0 Å². The summed E-state index contributed by atoms with van der Waals surface area (Å²) in [6.45, 7) is 4.38. The molecule has 0 unspecified atom stereocenters. The Hall–Kier alpha value is -1.69. The lowest BCUT2D eigenvalue weighted by molar-refractivity contribution is -0.00000483. The molecule has 0 fully saturated rings.